The zero-order chi connectivity index (χ0) is 21.7. The quantitative estimate of drug-likeness (QED) is 0.255. The number of ketones is 1. The SMILES string of the molecule is CCC(=O)OCC(CCC(=O)CC(C)S)(CCC(C)S)COC(=O)CC(C)S. The van der Waals surface area contributed by atoms with E-state index in [1.165, 1.54) is 0 Å². The van der Waals surface area contributed by atoms with Crippen LogP contribution in [0.5, 0.6) is 0 Å². The smallest absolute Gasteiger partial charge is 0.306 e. The van der Waals surface area contributed by atoms with Crippen LogP contribution in [0.25, 0.3) is 0 Å². The third kappa shape index (κ3) is 13.8. The zero-order valence-electron chi connectivity index (χ0n) is 17.5. The number of ether oxygens (including phenoxy) is 2. The molecule has 0 aliphatic carbocycles. The van der Waals surface area contributed by atoms with Gasteiger partial charge in [0.15, 0.2) is 0 Å². The van der Waals surface area contributed by atoms with E-state index in [2.05, 4.69) is 37.9 Å². The van der Waals surface area contributed by atoms with Crippen molar-refractivity contribution in [3.63, 3.8) is 0 Å². The summed E-state index contributed by atoms with van der Waals surface area (Å²) in [5.74, 6) is -0.556. The largest absolute Gasteiger partial charge is 0.465 e. The molecule has 0 aromatic carbocycles. The Kier molecular flexibility index (Phi) is 14.4. The average Bonchev–Trinajstić information content (AvgIpc) is 2.58. The summed E-state index contributed by atoms with van der Waals surface area (Å²) in [6.45, 7) is 7.63. The molecule has 0 saturated carbocycles. The van der Waals surface area contributed by atoms with Crippen LogP contribution in [0.3, 0.4) is 0 Å². The third-order valence-electron chi connectivity index (χ3n) is 4.38. The fourth-order valence-electron chi connectivity index (χ4n) is 2.68. The number of carbonyl (C=O) groups excluding carboxylic acids is 3. The van der Waals surface area contributed by atoms with Gasteiger partial charge in [0.1, 0.15) is 19.0 Å². The van der Waals surface area contributed by atoms with Gasteiger partial charge in [0, 0.05) is 35.2 Å². The van der Waals surface area contributed by atoms with E-state index in [1.807, 2.05) is 20.8 Å². The molecule has 0 heterocycles. The van der Waals surface area contributed by atoms with Crippen LogP contribution in [-0.2, 0) is 23.9 Å². The van der Waals surface area contributed by atoms with Gasteiger partial charge in [-0.05, 0) is 24.5 Å². The fraction of sp³-hybridized carbons (Fsp3) is 0.850. The monoisotopic (exact) mass is 452 g/mol. The van der Waals surface area contributed by atoms with Gasteiger partial charge in [0.2, 0.25) is 0 Å². The molecule has 0 aliphatic heterocycles. The van der Waals surface area contributed by atoms with Crippen LogP contribution < -0.4 is 0 Å². The maximum absolute atomic E-state index is 12.2. The van der Waals surface area contributed by atoms with Crippen LogP contribution in [0.2, 0.25) is 0 Å². The van der Waals surface area contributed by atoms with Crippen molar-refractivity contribution < 1.29 is 23.9 Å². The lowest BCUT2D eigenvalue weighted by molar-refractivity contribution is -0.155. The Morgan fingerprint density at radius 1 is 0.821 bits per heavy atom. The number of carbonyl (C=O) groups is 3. The number of hydrogen-bond donors (Lipinski definition) is 3. The summed E-state index contributed by atoms with van der Waals surface area (Å²) in [6, 6.07) is 0. The Morgan fingerprint density at radius 2 is 1.36 bits per heavy atom. The number of hydrogen-bond acceptors (Lipinski definition) is 8. The first kappa shape index (κ1) is 27.7. The van der Waals surface area contributed by atoms with E-state index in [0.717, 1.165) is 6.42 Å². The van der Waals surface area contributed by atoms with E-state index in [4.69, 9.17) is 9.47 Å². The molecule has 4 unspecified atom stereocenters. The van der Waals surface area contributed by atoms with Crippen molar-refractivity contribution in [1.82, 2.24) is 0 Å². The van der Waals surface area contributed by atoms with Gasteiger partial charge in [-0.2, -0.15) is 37.9 Å². The lowest BCUT2D eigenvalue weighted by Crippen LogP contribution is -2.36. The third-order valence-corrected chi connectivity index (χ3v) is 5.00. The Balaban J connectivity index is 5.28. The fourth-order valence-corrected chi connectivity index (χ4v) is 3.16. The van der Waals surface area contributed by atoms with Crippen LogP contribution in [-0.4, -0.2) is 46.7 Å². The van der Waals surface area contributed by atoms with Crippen molar-refractivity contribution >= 4 is 55.6 Å². The van der Waals surface area contributed by atoms with Crippen molar-refractivity contribution in [3.05, 3.63) is 0 Å². The highest BCUT2D eigenvalue weighted by Gasteiger charge is 2.34. The molecular weight excluding hydrogens is 416 g/mol. The first-order valence-corrected chi connectivity index (χ1v) is 11.4. The molecule has 0 aliphatic rings. The molecule has 0 rings (SSSR count). The van der Waals surface area contributed by atoms with Crippen molar-refractivity contribution in [2.24, 2.45) is 5.41 Å². The molecule has 4 atom stereocenters. The Hall–Kier alpha value is -0.340. The summed E-state index contributed by atoms with van der Waals surface area (Å²) in [5, 5.41) is 0.0327. The van der Waals surface area contributed by atoms with Gasteiger partial charge in [0.25, 0.3) is 0 Å². The predicted octanol–water partition coefficient (Wildman–Crippen LogP) is 4.33. The molecule has 0 amide bonds. The van der Waals surface area contributed by atoms with Crippen LogP contribution >= 0.6 is 37.9 Å². The Labute approximate surface area is 186 Å². The summed E-state index contributed by atoms with van der Waals surface area (Å²) in [4.78, 5) is 36.0. The first-order chi connectivity index (χ1) is 13.0. The maximum atomic E-state index is 12.2. The van der Waals surface area contributed by atoms with Crippen LogP contribution in [0.15, 0.2) is 0 Å². The van der Waals surface area contributed by atoms with Crippen molar-refractivity contribution in [3.8, 4) is 0 Å². The lowest BCUT2D eigenvalue weighted by Gasteiger charge is -2.33. The minimum absolute atomic E-state index is 0.00742. The van der Waals surface area contributed by atoms with Crippen molar-refractivity contribution in [1.29, 1.82) is 0 Å². The summed E-state index contributed by atoms with van der Waals surface area (Å²) in [7, 11) is 0. The van der Waals surface area contributed by atoms with E-state index in [-0.39, 0.29) is 59.5 Å². The highest BCUT2D eigenvalue weighted by molar-refractivity contribution is 7.81. The van der Waals surface area contributed by atoms with Gasteiger partial charge in [-0.3, -0.25) is 14.4 Å². The topological polar surface area (TPSA) is 69.7 Å². The molecule has 164 valence electrons. The standard InChI is InChI=1S/C20H36O5S3/c1-5-18(22)24-12-20(8-6-14(2)26,9-7-17(21)10-15(3)27)13-25-19(23)11-16(4)28/h14-16,26-28H,5-13H2,1-4H3. The molecule has 8 heteroatoms. The molecule has 0 fully saturated rings. The molecule has 0 N–H and O–H groups in total. The van der Waals surface area contributed by atoms with Gasteiger partial charge in [0.05, 0.1) is 6.42 Å². The molecule has 5 nitrogen and oxygen atoms in total. The summed E-state index contributed by atoms with van der Waals surface area (Å²) >= 11 is 12.9. The maximum Gasteiger partial charge on any atom is 0.306 e. The van der Waals surface area contributed by atoms with Crippen LogP contribution in [0.4, 0.5) is 0 Å². The molecule has 0 aromatic rings. The predicted molar refractivity (Wildman–Crippen MR) is 123 cm³/mol. The summed E-state index contributed by atoms with van der Waals surface area (Å²) in [6.07, 6.45) is 3.06. The van der Waals surface area contributed by atoms with Gasteiger partial charge in [-0.1, -0.05) is 27.7 Å². The van der Waals surface area contributed by atoms with E-state index < -0.39 is 5.41 Å². The number of rotatable bonds is 15. The zero-order valence-corrected chi connectivity index (χ0v) is 20.2. The van der Waals surface area contributed by atoms with Crippen molar-refractivity contribution in [2.45, 2.75) is 88.4 Å². The molecule has 28 heavy (non-hydrogen) atoms. The van der Waals surface area contributed by atoms with E-state index in [0.29, 0.717) is 25.7 Å². The van der Waals surface area contributed by atoms with E-state index >= 15 is 0 Å². The highest BCUT2D eigenvalue weighted by Crippen LogP contribution is 2.33. The first-order valence-electron chi connectivity index (χ1n) is 9.86. The molecular formula is C20H36O5S3. The van der Waals surface area contributed by atoms with Gasteiger partial charge in [-0.25, -0.2) is 0 Å². The van der Waals surface area contributed by atoms with Crippen LogP contribution in [0.1, 0.15) is 72.6 Å². The van der Waals surface area contributed by atoms with E-state index in [9.17, 15) is 14.4 Å². The average molecular weight is 453 g/mol. The second kappa shape index (κ2) is 14.6. The second-order valence-electron chi connectivity index (χ2n) is 7.71. The molecule has 0 radical (unpaired) electrons. The Morgan fingerprint density at radius 3 is 1.82 bits per heavy atom. The van der Waals surface area contributed by atoms with Gasteiger partial charge in [-0.15, -0.1) is 0 Å². The van der Waals surface area contributed by atoms with Crippen molar-refractivity contribution in [2.75, 3.05) is 13.2 Å². The molecule has 0 bridgehead atoms. The minimum Gasteiger partial charge on any atom is -0.465 e. The number of thiol groups is 3. The lowest BCUT2D eigenvalue weighted by atomic mass is 9.79. The van der Waals surface area contributed by atoms with Gasteiger partial charge >= 0.3 is 11.9 Å². The molecule has 0 aromatic heterocycles. The van der Waals surface area contributed by atoms with Crippen LogP contribution in [0, 0.1) is 5.41 Å². The van der Waals surface area contributed by atoms with E-state index in [1.54, 1.807) is 6.92 Å². The van der Waals surface area contributed by atoms with Gasteiger partial charge < -0.3 is 9.47 Å². The summed E-state index contributed by atoms with van der Waals surface area (Å²) in [5.41, 5.74) is -0.604. The normalized spacial score (nSPS) is 16.5. The Bertz CT molecular complexity index is 466. The molecule has 0 spiro atoms. The minimum atomic E-state index is -0.604. The highest BCUT2D eigenvalue weighted by atomic mass is 32.1. The second-order valence-corrected chi connectivity index (χ2v) is 10.4. The number of esters is 2. The summed E-state index contributed by atoms with van der Waals surface area (Å²) < 4.78 is 10.9. The number of Topliss-reactive ketones (excluding diaryl/α,β-unsaturated/α-hetero) is 1. The molecule has 0 saturated heterocycles.